The zero-order valence-corrected chi connectivity index (χ0v) is 14.3. The van der Waals surface area contributed by atoms with E-state index in [1.54, 1.807) is 6.20 Å². The molecule has 28 heavy (non-hydrogen) atoms. The second kappa shape index (κ2) is 8.35. The number of nitrogens with zero attached hydrogens (tertiary/aromatic N) is 5. The highest BCUT2D eigenvalue weighted by Gasteiger charge is 2.30. The van der Waals surface area contributed by atoms with Gasteiger partial charge in [-0.2, -0.15) is 0 Å². The van der Waals surface area contributed by atoms with Crippen LogP contribution >= 0.6 is 0 Å². The minimum absolute atomic E-state index is 0.447. The van der Waals surface area contributed by atoms with Crippen molar-refractivity contribution in [1.82, 2.24) is 9.55 Å². The van der Waals surface area contributed by atoms with Crippen LogP contribution in [0, 0.1) is 30.3 Å². The lowest BCUT2D eigenvalue weighted by Crippen LogP contribution is -1.97. The van der Waals surface area contributed by atoms with E-state index in [4.69, 9.17) is 5.11 Å². The van der Waals surface area contributed by atoms with Crippen LogP contribution in [0.2, 0.25) is 0 Å². The highest BCUT2D eigenvalue weighted by molar-refractivity contribution is 5.64. The van der Waals surface area contributed by atoms with Gasteiger partial charge >= 0.3 is 11.4 Å². The number of hydrogen-bond donors (Lipinski definition) is 1. The molecule has 0 saturated carbocycles. The molecule has 0 aliphatic heterocycles. The number of non-ortho nitro benzene ring substituents is 1. The predicted molar refractivity (Wildman–Crippen MR) is 96.7 cm³/mol. The van der Waals surface area contributed by atoms with Gasteiger partial charge in [0.05, 0.1) is 26.9 Å². The number of aromatic hydroxyl groups is 1. The van der Waals surface area contributed by atoms with Gasteiger partial charge in [0.15, 0.2) is 0 Å². The van der Waals surface area contributed by atoms with Gasteiger partial charge in [-0.25, -0.2) is 0 Å². The molecule has 0 radical (unpaired) electrons. The number of phenolic OH excluding ortho intramolecular Hbond substituents is 1. The molecule has 1 N–H and O–H groups in total. The number of rotatable bonds is 4. The van der Waals surface area contributed by atoms with Crippen molar-refractivity contribution in [1.29, 1.82) is 0 Å². The van der Waals surface area contributed by atoms with Gasteiger partial charge in [-0.1, -0.05) is 0 Å². The Bertz CT molecular complexity index is 998. The van der Waals surface area contributed by atoms with Crippen molar-refractivity contribution in [3.8, 4) is 17.0 Å². The van der Waals surface area contributed by atoms with Crippen molar-refractivity contribution in [2.45, 2.75) is 0 Å². The summed E-state index contributed by atoms with van der Waals surface area (Å²) in [6, 6.07) is 9.01. The van der Waals surface area contributed by atoms with Gasteiger partial charge in [0, 0.05) is 36.9 Å². The fourth-order valence-electron chi connectivity index (χ4n) is 2.25. The molecule has 3 aromatic rings. The molecule has 0 aliphatic rings. The van der Waals surface area contributed by atoms with Crippen LogP contribution in [0.5, 0.6) is 5.75 Å². The lowest BCUT2D eigenvalue weighted by atomic mass is 10.2. The van der Waals surface area contributed by atoms with Crippen molar-refractivity contribution in [2.75, 3.05) is 0 Å². The van der Waals surface area contributed by atoms with Crippen molar-refractivity contribution in [2.24, 2.45) is 7.05 Å². The summed E-state index contributed by atoms with van der Waals surface area (Å²) in [5.41, 5.74) is -0.647. The molecule has 0 atom stereocenters. The zero-order chi connectivity index (χ0) is 20.8. The SMILES string of the molecule is Cn1cccc1-c1cccnc1.O=[N+]([O-])c1cc([N+](=O)[O-])c(O)c([N+](=O)[O-])c1. The molecule has 2 aromatic heterocycles. The van der Waals surface area contributed by atoms with Crippen molar-refractivity contribution < 1.29 is 19.9 Å². The third kappa shape index (κ3) is 4.43. The first kappa shape index (κ1) is 20.0. The Hall–Kier alpha value is -4.35. The quantitative estimate of drug-likeness (QED) is 0.526. The highest BCUT2D eigenvalue weighted by atomic mass is 16.6. The summed E-state index contributed by atoms with van der Waals surface area (Å²) in [6.07, 6.45) is 5.68. The van der Waals surface area contributed by atoms with Gasteiger partial charge in [-0.3, -0.25) is 35.3 Å². The highest BCUT2D eigenvalue weighted by Crippen LogP contribution is 2.38. The Balaban J connectivity index is 0.000000207. The number of aromatic nitrogens is 2. The Morgan fingerprint density at radius 1 is 0.964 bits per heavy atom. The average Bonchev–Trinajstić information content (AvgIpc) is 3.08. The molecule has 3 rings (SSSR count). The number of nitro benzene ring substituents is 3. The van der Waals surface area contributed by atoms with E-state index in [0.29, 0.717) is 12.1 Å². The third-order valence-electron chi connectivity index (χ3n) is 3.56. The Morgan fingerprint density at radius 2 is 1.57 bits per heavy atom. The molecular formula is C16H13N5O7. The van der Waals surface area contributed by atoms with E-state index in [-0.39, 0.29) is 0 Å². The smallest absolute Gasteiger partial charge is 0.324 e. The maximum absolute atomic E-state index is 10.4. The second-order valence-electron chi connectivity index (χ2n) is 5.35. The average molecular weight is 387 g/mol. The summed E-state index contributed by atoms with van der Waals surface area (Å²) in [7, 11) is 2.03. The van der Waals surface area contributed by atoms with Gasteiger partial charge in [0.25, 0.3) is 11.4 Å². The zero-order valence-electron chi connectivity index (χ0n) is 14.3. The number of benzene rings is 1. The molecule has 1 aromatic carbocycles. The molecular weight excluding hydrogens is 374 g/mol. The van der Waals surface area contributed by atoms with Crippen LogP contribution in [-0.2, 0) is 7.05 Å². The van der Waals surface area contributed by atoms with Crippen molar-refractivity contribution in [3.05, 3.63) is 85.3 Å². The Kier molecular flexibility index (Phi) is 5.96. The van der Waals surface area contributed by atoms with Crippen LogP contribution in [0.3, 0.4) is 0 Å². The second-order valence-corrected chi connectivity index (χ2v) is 5.35. The number of pyridine rings is 1. The summed E-state index contributed by atoms with van der Waals surface area (Å²) in [5, 5.41) is 40.2. The summed E-state index contributed by atoms with van der Waals surface area (Å²) in [4.78, 5) is 31.8. The van der Waals surface area contributed by atoms with Crippen molar-refractivity contribution in [3.63, 3.8) is 0 Å². The minimum atomic E-state index is -1.21. The fraction of sp³-hybridized carbons (Fsp3) is 0.0625. The number of phenols is 1. The van der Waals surface area contributed by atoms with Gasteiger partial charge in [0.1, 0.15) is 0 Å². The first-order valence-corrected chi connectivity index (χ1v) is 7.54. The molecule has 0 amide bonds. The molecule has 12 heteroatoms. The third-order valence-corrected chi connectivity index (χ3v) is 3.56. The van der Waals surface area contributed by atoms with E-state index >= 15 is 0 Å². The molecule has 0 unspecified atom stereocenters. The van der Waals surface area contributed by atoms with E-state index in [1.165, 1.54) is 5.69 Å². The Labute approximate surface area is 156 Å². The van der Waals surface area contributed by atoms with Gasteiger partial charge in [-0.15, -0.1) is 0 Å². The fourth-order valence-corrected chi connectivity index (χ4v) is 2.25. The molecule has 0 spiro atoms. The first-order valence-electron chi connectivity index (χ1n) is 7.54. The van der Waals surface area contributed by atoms with Crippen LogP contribution < -0.4 is 0 Å². The molecule has 0 aliphatic carbocycles. The summed E-state index contributed by atoms with van der Waals surface area (Å²) >= 11 is 0. The lowest BCUT2D eigenvalue weighted by molar-refractivity contribution is -0.404. The largest absolute Gasteiger partial charge is 0.497 e. The van der Waals surface area contributed by atoms with Crippen LogP contribution in [0.15, 0.2) is 55.0 Å². The molecule has 0 bridgehead atoms. The maximum Gasteiger partial charge on any atom is 0.324 e. The molecule has 0 fully saturated rings. The minimum Gasteiger partial charge on any atom is -0.497 e. The number of aryl methyl sites for hydroxylation is 1. The molecule has 0 saturated heterocycles. The van der Waals surface area contributed by atoms with E-state index < -0.39 is 37.6 Å². The number of hydrogen-bond acceptors (Lipinski definition) is 8. The van der Waals surface area contributed by atoms with Crippen LogP contribution in [-0.4, -0.2) is 29.4 Å². The predicted octanol–water partition coefficient (Wildman–Crippen LogP) is 3.20. The standard InChI is InChI=1S/C10H10N2.C6H3N3O7/c1-12-7-3-5-10(12)9-4-2-6-11-8-9;10-6-4(8(13)14)1-3(7(11)12)2-5(6)9(15)16/h2-8H,1H3;1-2,10H. The van der Waals surface area contributed by atoms with E-state index in [1.807, 2.05) is 31.6 Å². The summed E-state index contributed by atoms with van der Waals surface area (Å²) < 4.78 is 2.08. The summed E-state index contributed by atoms with van der Waals surface area (Å²) in [6.45, 7) is 0. The molecule has 144 valence electrons. The van der Waals surface area contributed by atoms with Gasteiger partial charge in [0.2, 0.25) is 0 Å². The number of nitro groups is 3. The molecule has 2 heterocycles. The van der Waals surface area contributed by atoms with Crippen molar-refractivity contribution >= 4 is 17.1 Å². The lowest BCUT2D eigenvalue weighted by Gasteiger charge is -2.01. The van der Waals surface area contributed by atoms with Gasteiger partial charge in [-0.05, 0) is 24.3 Å². The normalized spacial score (nSPS) is 9.89. The van der Waals surface area contributed by atoms with Crippen LogP contribution in [0.4, 0.5) is 17.1 Å². The van der Waals surface area contributed by atoms with Gasteiger partial charge < -0.3 is 9.67 Å². The molecule has 12 nitrogen and oxygen atoms in total. The Morgan fingerprint density at radius 3 is 1.96 bits per heavy atom. The monoisotopic (exact) mass is 387 g/mol. The summed E-state index contributed by atoms with van der Waals surface area (Å²) in [5.74, 6) is -1.21. The van der Waals surface area contributed by atoms with E-state index in [0.717, 1.165) is 5.56 Å². The van der Waals surface area contributed by atoms with E-state index in [2.05, 4.69) is 21.7 Å². The van der Waals surface area contributed by atoms with Crippen LogP contribution in [0.1, 0.15) is 0 Å². The van der Waals surface area contributed by atoms with E-state index in [9.17, 15) is 30.3 Å². The first-order chi connectivity index (χ1) is 13.2. The topological polar surface area (TPSA) is 167 Å². The maximum atomic E-state index is 10.4. The van der Waals surface area contributed by atoms with Crippen LogP contribution in [0.25, 0.3) is 11.3 Å².